The highest BCUT2D eigenvalue weighted by Gasteiger charge is 2.41. The number of para-hydroxylation sites is 3. The summed E-state index contributed by atoms with van der Waals surface area (Å²) < 4.78 is 24.8. The first kappa shape index (κ1) is 19.0. The molecular formula is C18H21N3O5S. The zero-order valence-corrected chi connectivity index (χ0v) is 15.5. The van der Waals surface area contributed by atoms with E-state index in [4.69, 9.17) is 5.11 Å². The fourth-order valence-electron chi connectivity index (χ4n) is 2.93. The van der Waals surface area contributed by atoms with Gasteiger partial charge in [0.05, 0.1) is 23.6 Å². The molecule has 144 valence electrons. The molecule has 0 atom stereocenters. The lowest BCUT2D eigenvalue weighted by atomic mass is 10.2. The normalized spacial score (nSPS) is 16.0. The highest BCUT2D eigenvalue weighted by Crippen LogP contribution is 2.63. The Balaban J connectivity index is 1.84. The quantitative estimate of drug-likeness (QED) is 0.688. The monoisotopic (exact) mass is 391 g/mol. The van der Waals surface area contributed by atoms with Crippen LogP contribution in [0.4, 0.5) is 21.9 Å². The molecule has 0 aromatic heterocycles. The van der Waals surface area contributed by atoms with Crippen molar-refractivity contribution in [2.45, 2.75) is 6.42 Å². The Morgan fingerprint density at radius 2 is 1.59 bits per heavy atom. The minimum atomic E-state index is -3.40. The fraction of sp³-hybridized carbons (Fsp3) is 0.222. The van der Waals surface area contributed by atoms with Crippen molar-refractivity contribution in [2.75, 3.05) is 28.7 Å². The van der Waals surface area contributed by atoms with Gasteiger partial charge in [0, 0.05) is 20.0 Å². The second-order valence-corrected chi connectivity index (χ2v) is 7.92. The Morgan fingerprint density at radius 1 is 1.00 bits per heavy atom. The molecule has 3 N–H and O–H groups in total. The predicted octanol–water partition coefficient (Wildman–Crippen LogP) is 3.79. The largest absolute Gasteiger partial charge is 0.465 e. The molecule has 0 fully saturated rings. The van der Waals surface area contributed by atoms with E-state index < -0.39 is 17.1 Å². The lowest BCUT2D eigenvalue weighted by molar-refractivity contribution is -0.119. The van der Waals surface area contributed by atoms with Gasteiger partial charge in [0.25, 0.3) is 0 Å². The SMILES string of the molecule is CN(CC(=O)CCN1c2ccccc2N(c2ccccc2)S1(O)O)C(=O)O. The topological polar surface area (TPSA) is 105 Å². The second kappa shape index (κ2) is 7.47. The number of amides is 1. The van der Waals surface area contributed by atoms with Gasteiger partial charge in [-0.2, -0.15) is 0 Å². The Labute approximate surface area is 158 Å². The van der Waals surface area contributed by atoms with Crippen LogP contribution in [0.5, 0.6) is 0 Å². The number of ketones is 1. The molecule has 0 radical (unpaired) electrons. The van der Waals surface area contributed by atoms with Crippen molar-refractivity contribution >= 4 is 39.9 Å². The van der Waals surface area contributed by atoms with Crippen molar-refractivity contribution in [2.24, 2.45) is 0 Å². The van der Waals surface area contributed by atoms with E-state index in [0.717, 1.165) is 4.90 Å². The number of carbonyl (C=O) groups is 2. The third-order valence-electron chi connectivity index (χ3n) is 4.23. The van der Waals surface area contributed by atoms with E-state index in [1.807, 2.05) is 6.07 Å². The number of carboxylic acid groups (broad SMARTS) is 1. The highest BCUT2D eigenvalue weighted by atomic mass is 32.3. The van der Waals surface area contributed by atoms with E-state index in [1.54, 1.807) is 48.5 Å². The number of rotatable bonds is 6. The molecule has 9 heteroatoms. The summed E-state index contributed by atoms with van der Waals surface area (Å²) in [7, 11) is -2.08. The molecule has 0 spiro atoms. The van der Waals surface area contributed by atoms with E-state index in [1.165, 1.54) is 15.7 Å². The van der Waals surface area contributed by atoms with Crippen molar-refractivity contribution in [1.82, 2.24) is 4.90 Å². The van der Waals surface area contributed by atoms with Gasteiger partial charge in [-0.3, -0.25) is 18.2 Å². The number of nitrogens with zero attached hydrogens (tertiary/aromatic N) is 3. The maximum atomic E-state index is 12.1. The molecule has 2 aromatic rings. The van der Waals surface area contributed by atoms with Gasteiger partial charge in [0.1, 0.15) is 0 Å². The molecule has 1 aliphatic rings. The van der Waals surface area contributed by atoms with Gasteiger partial charge in [-0.25, -0.2) is 9.10 Å². The zero-order chi connectivity index (χ0) is 19.6. The number of anilines is 3. The van der Waals surface area contributed by atoms with Crippen LogP contribution >= 0.6 is 11.0 Å². The van der Waals surface area contributed by atoms with Gasteiger partial charge >= 0.3 is 6.09 Å². The molecule has 0 unspecified atom stereocenters. The van der Waals surface area contributed by atoms with Crippen LogP contribution in [0.1, 0.15) is 6.42 Å². The molecule has 1 heterocycles. The average molecular weight is 391 g/mol. The molecule has 27 heavy (non-hydrogen) atoms. The number of hydrogen-bond donors (Lipinski definition) is 3. The molecule has 8 nitrogen and oxygen atoms in total. The van der Waals surface area contributed by atoms with Gasteiger partial charge in [-0.05, 0) is 35.2 Å². The third kappa shape index (κ3) is 3.70. The number of fused-ring (bicyclic) bond motifs is 1. The molecule has 0 bridgehead atoms. The van der Waals surface area contributed by atoms with E-state index in [9.17, 15) is 18.7 Å². The molecule has 0 saturated heterocycles. The molecule has 3 rings (SSSR count). The van der Waals surface area contributed by atoms with Crippen molar-refractivity contribution in [3.05, 3.63) is 54.6 Å². The van der Waals surface area contributed by atoms with Crippen molar-refractivity contribution in [3.8, 4) is 0 Å². The third-order valence-corrected chi connectivity index (χ3v) is 6.10. The Morgan fingerprint density at radius 3 is 2.22 bits per heavy atom. The van der Waals surface area contributed by atoms with Crippen LogP contribution in [0.3, 0.4) is 0 Å². The number of hydrogen-bond acceptors (Lipinski definition) is 6. The smallest absolute Gasteiger partial charge is 0.407 e. The first-order chi connectivity index (χ1) is 12.8. The van der Waals surface area contributed by atoms with Gasteiger partial charge in [-0.1, -0.05) is 30.3 Å². The van der Waals surface area contributed by atoms with Crippen LogP contribution < -0.4 is 8.61 Å². The number of Topliss-reactive ketones (excluding diaryl/α,β-unsaturated/α-hetero) is 1. The predicted molar refractivity (Wildman–Crippen MR) is 105 cm³/mol. The number of likely N-dealkylation sites (N-methyl/N-ethyl adjacent to an activating group) is 1. The zero-order valence-electron chi connectivity index (χ0n) is 14.7. The number of benzene rings is 2. The summed E-state index contributed by atoms with van der Waals surface area (Å²) in [4.78, 5) is 23.8. The van der Waals surface area contributed by atoms with E-state index in [-0.39, 0.29) is 25.3 Å². The van der Waals surface area contributed by atoms with Gasteiger partial charge in [0.2, 0.25) is 0 Å². The average Bonchev–Trinajstić information content (AvgIpc) is 2.86. The second-order valence-electron chi connectivity index (χ2n) is 6.14. The lowest BCUT2D eigenvalue weighted by Crippen LogP contribution is -2.35. The van der Waals surface area contributed by atoms with Crippen molar-refractivity contribution < 1.29 is 23.8 Å². The summed E-state index contributed by atoms with van der Waals surface area (Å²) in [5.74, 6) is -0.300. The van der Waals surface area contributed by atoms with Crippen LogP contribution in [0.25, 0.3) is 0 Å². The molecule has 0 aliphatic carbocycles. The van der Waals surface area contributed by atoms with Crippen LogP contribution in [0, 0.1) is 0 Å². The summed E-state index contributed by atoms with van der Waals surface area (Å²) in [5.41, 5.74) is 1.88. The molecule has 0 saturated carbocycles. The Hall–Kier alpha value is -2.75. The highest BCUT2D eigenvalue weighted by molar-refractivity contribution is 8.27. The minimum Gasteiger partial charge on any atom is -0.465 e. The van der Waals surface area contributed by atoms with Crippen LogP contribution in [0.2, 0.25) is 0 Å². The summed E-state index contributed by atoms with van der Waals surface area (Å²) in [6, 6.07) is 16.2. The summed E-state index contributed by atoms with van der Waals surface area (Å²) >= 11 is 0. The van der Waals surface area contributed by atoms with Gasteiger partial charge in [-0.15, -0.1) is 0 Å². The first-order valence-corrected chi connectivity index (χ1v) is 9.74. The Bertz CT molecular complexity index is 846. The Kier molecular flexibility index (Phi) is 5.26. The summed E-state index contributed by atoms with van der Waals surface area (Å²) in [5, 5.41) is 8.87. The fourth-order valence-corrected chi connectivity index (χ4v) is 4.71. The number of carbonyl (C=O) groups excluding carboxylic acids is 1. The molecular weight excluding hydrogens is 370 g/mol. The molecule has 1 amide bonds. The van der Waals surface area contributed by atoms with Crippen molar-refractivity contribution in [3.63, 3.8) is 0 Å². The van der Waals surface area contributed by atoms with Crippen LogP contribution in [0.15, 0.2) is 54.6 Å². The van der Waals surface area contributed by atoms with E-state index >= 15 is 0 Å². The first-order valence-electron chi connectivity index (χ1n) is 8.28. The summed E-state index contributed by atoms with van der Waals surface area (Å²) in [6.07, 6.45) is -1.20. The van der Waals surface area contributed by atoms with Crippen molar-refractivity contribution in [1.29, 1.82) is 0 Å². The van der Waals surface area contributed by atoms with Gasteiger partial charge < -0.3 is 10.0 Å². The standard InChI is InChI=1S/C18H21N3O5S/c1-19(18(23)24)13-15(22)11-12-20-16-9-5-6-10-17(16)21(27(20,25)26)14-7-3-2-4-8-14/h2-10,25-26H,11-13H2,1H3,(H,23,24). The molecule has 1 aliphatic heterocycles. The van der Waals surface area contributed by atoms with Crippen LogP contribution in [-0.2, 0) is 4.79 Å². The van der Waals surface area contributed by atoms with E-state index in [2.05, 4.69) is 0 Å². The summed E-state index contributed by atoms with van der Waals surface area (Å²) in [6.45, 7) is -0.179. The van der Waals surface area contributed by atoms with Crippen LogP contribution in [-0.4, -0.2) is 51.1 Å². The van der Waals surface area contributed by atoms with Gasteiger partial charge in [0.15, 0.2) is 5.78 Å². The van der Waals surface area contributed by atoms with E-state index in [0.29, 0.717) is 17.1 Å². The minimum absolute atomic E-state index is 0.00947. The maximum Gasteiger partial charge on any atom is 0.407 e. The maximum absolute atomic E-state index is 12.1. The molecule has 2 aromatic carbocycles. The lowest BCUT2D eigenvalue weighted by Gasteiger charge is -2.43.